The molecule has 0 amide bonds. The van der Waals surface area contributed by atoms with Crippen LogP contribution in [0.5, 0.6) is 0 Å². The van der Waals surface area contributed by atoms with Crippen LogP contribution in [0.25, 0.3) is 0 Å². The Bertz CT molecular complexity index is 453. The van der Waals surface area contributed by atoms with Crippen LogP contribution in [0.2, 0.25) is 0 Å². The van der Waals surface area contributed by atoms with Crippen molar-refractivity contribution in [2.24, 2.45) is 5.16 Å². The third-order valence-electron chi connectivity index (χ3n) is 2.39. The standard InChI is InChI=1S/C11H13N3O2S/c12-11-13-10(7-17-11)9(6-15)14-16-8-4-2-1-3-5-8/h2,4,6-8H,1,3,5H2,(H2,12,13)/b14-9+. The first kappa shape index (κ1) is 11.8. The molecule has 2 N–H and O–H groups in total. The number of thiazole rings is 1. The van der Waals surface area contributed by atoms with E-state index in [1.807, 2.05) is 6.08 Å². The summed E-state index contributed by atoms with van der Waals surface area (Å²) in [5.74, 6) is 0. The number of rotatable bonds is 4. The minimum Gasteiger partial charge on any atom is -0.388 e. The molecule has 0 bridgehead atoms. The van der Waals surface area contributed by atoms with E-state index in [2.05, 4.69) is 16.2 Å². The van der Waals surface area contributed by atoms with Gasteiger partial charge in [0.2, 0.25) is 0 Å². The number of hydrogen-bond donors (Lipinski definition) is 1. The second kappa shape index (κ2) is 5.58. The maximum Gasteiger partial charge on any atom is 0.180 e. The molecule has 0 aromatic carbocycles. The highest BCUT2D eigenvalue weighted by Crippen LogP contribution is 2.15. The SMILES string of the molecule is Nc1nc(/C(C=O)=N/OC2C=CCCC2)cs1. The van der Waals surface area contributed by atoms with E-state index in [1.54, 1.807) is 5.38 Å². The van der Waals surface area contributed by atoms with Gasteiger partial charge < -0.3 is 10.6 Å². The Hall–Kier alpha value is -1.69. The quantitative estimate of drug-likeness (QED) is 0.383. The van der Waals surface area contributed by atoms with Crippen LogP contribution in [-0.4, -0.2) is 23.1 Å². The van der Waals surface area contributed by atoms with Crippen molar-refractivity contribution in [3.63, 3.8) is 0 Å². The van der Waals surface area contributed by atoms with Gasteiger partial charge in [0.15, 0.2) is 17.1 Å². The normalized spacial score (nSPS) is 20.2. The van der Waals surface area contributed by atoms with Gasteiger partial charge in [-0.1, -0.05) is 11.2 Å². The predicted molar refractivity (Wildman–Crippen MR) is 67.0 cm³/mol. The van der Waals surface area contributed by atoms with Crippen molar-refractivity contribution in [3.8, 4) is 0 Å². The summed E-state index contributed by atoms with van der Waals surface area (Å²) in [4.78, 5) is 20.2. The zero-order valence-electron chi connectivity index (χ0n) is 9.20. The lowest BCUT2D eigenvalue weighted by atomic mass is 10.1. The van der Waals surface area contributed by atoms with Gasteiger partial charge >= 0.3 is 0 Å². The van der Waals surface area contributed by atoms with E-state index in [4.69, 9.17) is 10.6 Å². The van der Waals surface area contributed by atoms with Crippen LogP contribution in [0.4, 0.5) is 5.13 Å². The second-order valence-electron chi connectivity index (χ2n) is 3.67. The third-order valence-corrected chi connectivity index (χ3v) is 3.07. The molecule has 1 aromatic heterocycles. The van der Waals surface area contributed by atoms with Crippen molar-refractivity contribution in [2.45, 2.75) is 25.4 Å². The van der Waals surface area contributed by atoms with Gasteiger partial charge in [-0.3, -0.25) is 4.79 Å². The van der Waals surface area contributed by atoms with E-state index >= 15 is 0 Å². The van der Waals surface area contributed by atoms with Gasteiger partial charge in [0, 0.05) is 5.38 Å². The maximum atomic E-state index is 10.9. The van der Waals surface area contributed by atoms with E-state index in [0.29, 0.717) is 17.1 Å². The number of allylic oxidation sites excluding steroid dienone is 1. The zero-order valence-corrected chi connectivity index (χ0v) is 10.0. The van der Waals surface area contributed by atoms with Crippen LogP contribution in [0.15, 0.2) is 22.7 Å². The first-order chi connectivity index (χ1) is 8.29. The number of nitrogens with two attached hydrogens (primary N) is 1. The van der Waals surface area contributed by atoms with Crippen molar-refractivity contribution >= 4 is 28.5 Å². The minimum absolute atomic E-state index is 0.0466. The molecule has 5 nitrogen and oxygen atoms in total. The number of hydrogen-bond acceptors (Lipinski definition) is 6. The van der Waals surface area contributed by atoms with Crippen LogP contribution < -0.4 is 5.73 Å². The van der Waals surface area contributed by atoms with E-state index in [0.717, 1.165) is 19.3 Å². The summed E-state index contributed by atoms with van der Waals surface area (Å²) in [6.07, 6.45) is 7.68. The monoisotopic (exact) mass is 251 g/mol. The number of aldehydes is 1. The van der Waals surface area contributed by atoms with Gasteiger partial charge in [-0.2, -0.15) is 0 Å². The van der Waals surface area contributed by atoms with Gasteiger partial charge in [0.25, 0.3) is 0 Å². The molecule has 2 rings (SSSR count). The van der Waals surface area contributed by atoms with E-state index in [1.165, 1.54) is 11.3 Å². The van der Waals surface area contributed by atoms with E-state index in [9.17, 15) is 4.79 Å². The number of carbonyl (C=O) groups excluding carboxylic acids is 1. The molecule has 0 saturated heterocycles. The first-order valence-corrected chi connectivity index (χ1v) is 6.24. The molecule has 0 radical (unpaired) electrons. The molecule has 1 aromatic rings. The van der Waals surface area contributed by atoms with Gasteiger partial charge in [-0.05, 0) is 25.3 Å². The fourth-order valence-electron chi connectivity index (χ4n) is 1.53. The second-order valence-corrected chi connectivity index (χ2v) is 4.56. The van der Waals surface area contributed by atoms with Crippen molar-refractivity contribution in [3.05, 3.63) is 23.2 Å². The van der Waals surface area contributed by atoms with Gasteiger partial charge in [-0.15, -0.1) is 11.3 Å². The van der Waals surface area contributed by atoms with Gasteiger partial charge in [0.05, 0.1) is 0 Å². The summed E-state index contributed by atoms with van der Waals surface area (Å²) >= 11 is 1.27. The summed E-state index contributed by atoms with van der Waals surface area (Å²) in [5, 5.41) is 5.93. The number of aromatic nitrogens is 1. The lowest BCUT2D eigenvalue weighted by Gasteiger charge is -2.13. The van der Waals surface area contributed by atoms with Crippen molar-refractivity contribution in [1.82, 2.24) is 4.98 Å². The Morgan fingerprint density at radius 2 is 2.59 bits per heavy atom. The Kier molecular flexibility index (Phi) is 3.87. The number of nitrogen functional groups attached to an aromatic ring is 1. The lowest BCUT2D eigenvalue weighted by Crippen LogP contribution is -2.12. The van der Waals surface area contributed by atoms with Crippen LogP contribution in [0.1, 0.15) is 25.0 Å². The molecular formula is C11H13N3O2S. The number of carbonyl (C=O) groups is 1. The van der Waals surface area contributed by atoms with Crippen LogP contribution >= 0.6 is 11.3 Å². The number of oxime groups is 1. The molecule has 0 fully saturated rings. The van der Waals surface area contributed by atoms with E-state index in [-0.39, 0.29) is 11.8 Å². The average molecular weight is 251 g/mol. The Morgan fingerprint density at radius 3 is 3.18 bits per heavy atom. The molecule has 1 atom stereocenters. The largest absolute Gasteiger partial charge is 0.388 e. The molecule has 0 spiro atoms. The molecule has 1 heterocycles. The highest BCUT2D eigenvalue weighted by Gasteiger charge is 2.11. The maximum absolute atomic E-state index is 10.9. The van der Waals surface area contributed by atoms with E-state index < -0.39 is 0 Å². The molecule has 90 valence electrons. The summed E-state index contributed by atoms with van der Waals surface area (Å²) in [5.41, 5.74) is 6.13. The molecular weight excluding hydrogens is 238 g/mol. The van der Waals surface area contributed by atoms with Crippen LogP contribution in [0.3, 0.4) is 0 Å². The summed E-state index contributed by atoms with van der Waals surface area (Å²) < 4.78 is 0. The Balaban J connectivity index is 2.05. The first-order valence-electron chi connectivity index (χ1n) is 5.36. The van der Waals surface area contributed by atoms with Gasteiger partial charge in [-0.25, -0.2) is 4.98 Å². The highest BCUT2D eigenvalue weighted by molar-refractivity contribution is 7.13. The Morgan fingerprint density at radius 1 is 1.71 bits per heavy atom. The summed E-state index contributed by atoms with van der Waals surface area (Å²) in [6, 6.07) is 0. The van der Waals surface area contributed by atoms with Gasteiger partial charge in [0.1, 0.15) is 11.8 Å². The fourth-order valence-corrected chi connectivity index (χ4v) is 2.08. The zero-order chi connectivity index (χ0) is 12.1. The van der Waals surface area contributed by atoms with Crippen molar-refractivity contribution in [2.75, 3.05) is 5.73 Å². The molecule has 1 aliphatic carbocycles. The molecule has 6 heteroatoms. The van der Waals surface area contributed by atoms with Crippen molar-refractivity contribution < 1.29 is 9.63 Å². The smallest absolute Gasteiger partial charge is 0.180 e. The third kappa shape index (κ3) is 3.13. The minimum atomic E-state index is -0.0466. The average Bonchev–Trinajstić information content (AvgIpc) is 2.78. The Labute approximate surface area is 103 Å². The summed E-state index contributed by atoms with van der Waals surface area (Å²) in [7, 11) is 0. The highest BCUT2D eigenvalue weighted by atomic mass is 32.1. The van der Waals surface area contributed by atoms with Crippen LogP contribution in [0, 0.1) is 0 Å². The molecule has 1 unspecified atom stereocenters. The molecule has 0 saturated carbocycles. The van der Waals surface area contributed by atoms with Crippen LogP contribution in [-0.2, 0) is 9.63 Å². The van der Waals surface area contributed by atoms with Crippen molar-refractivity contribution in [1.29, 1.82) is 0 Å². The number of nitrogens with zero attached hydrogens (tertiary/aromatic N) is 2. The topological polar surface area (TPSA) is 77.6 Å². The summed E-state index contributed by atoms with van der Waals surface area (Å²) in [6.45, 7) is 0. The lowest BCUT2D eigenvalue weighted by molar-refractivity contribution is -0.102. The molecule has 0 aliphatic heterocycles. The molecule has 1 aliphatic rings. The number of anilines is 1. The fraction of sp³-hybridized carbons (Fsp3) is 0.364. The molecule has 17 heavy (non-hydrogen) atoms. The predicted octanol–water partition coefficient (Wildman–Crippen LogP) is 1.75.